The standard InChI is InChI=1S/C5H6BFO3/c6-4-1(7)5(9)2(8)3(5)10-4/h1-4,8-9H/t1-,2?,3+,4+,5+/m0/s1. The Morgan fingerprint density at radius 1 is 1.60 bits per heavy atom. The van der Waals surface area contributed by atoms with Gasteiger partial charge in [0.05, 0.1) is 6.00 Å². The Labute approximate surface area is 58.2 Å². The van der Waals surface area contributed by atoms with E-state index < -0.39 is 30.0 Å². The summed E-state index contributed by atoms with van der Waals surface area (Å²) in [7, 11) is 5.08. The Hall–Kier alpha value is -0.125. The Bertz CT molecular complexity index is 178. The molecular formula is C5H6BFO3. The van der Waals surface area contributed by atoms with Crippen molar-refractivity contribution in [1.82, 2.24) is 0 Å². The van der Waals surface area contributed by atoms with Crippen molar-refractivity contribution in [3.8, 4) is 0 Å². The quantitative estimate of drug-likeness (QED) is 0.399. The summed E-state index contributed by atoms with van der Waals surface area (Å²) < 4.78 is 17.4. The summed E-state index contributed by atoms with van der Waals surface area (Å²) in [5, 5.41) is 18.0. The highest BCUT2D eigenvalue weighted by molar-refractivity contribution is 6.12. The molecule has 3 nitrogen and oxygen atoms in total. The van der Waals surface area contributed by atoms with Crippen molar-refractivity contribution in [3.05, 3.63) is 0 Å². The fourth-order valence-corrected chi connectivity index (χ4v) is 1.35. The fourth-order valence-electron chi connectivity index (χ4n) is 1.35. The maximum Gasteiger partial charge on any atom is 0.154 e. The highest BCUT2D eigenvalue weighted by Gasteiger charge is 2.75. The summed E-state index contributed by atoms with van der Waals surface area (Å²) in [4.78, 5) is 0. The predicted octanol–water partition coefficient (Wildman–Crippen LogP) is -1.68. The van der Waals surface area contributed by atoms with Gasteiger partial charge in [-0.1, -0.05) is 0 Å². The van der Waals surface area contributed by atoms with Crippen molar-refractivity contribution >= 4 is 7.85 Å². The van der Waals surface area contributed by atoms with Crippen LogP contribution in [0.2, 0.25) is 0 Å². The van der Waals surface area contributed by atoms with Crippen LogP contribution in [0.1, 0.15) is 0 Å². The van der Waals surface area contributed by atoms with Gasteiger partial charge in [-0.3, -0.25) is 0 Å². The summed E-state index contributed by atoms with van der Waals surface area (Å²) in [5.41, 5.74) is -1.71. The van der Waals surface area contributed by atoms with Gasteiger partial charge in [0, 0.05) is 0 Å². The number of alkyl halides is 1. The van der Waals surface area contributed by atoms with Gasteiger partial charge in [-0.2, -0.15) is 0 Å². The number of halogens is 1. The molecule has 0 spiro atoms. The van der Waals surface area contributed by atoms with E-state index in [0.717, 1.165) is 0 Å². The average molecular weight is 144 g/mol. The molecule has 2 fully saturated rings. The molecule has 0 aromatic rings. The summed E-state index contributed by atoms with van der Waals surface area (Å²) in [6, 6.07) is -1.08. The number of aliphatic hydroxyl groups is 2. The lowest BCUT2D eigenvalue weighted by Crippen LogP contribution is -2.35. The number of ether oxygens (including phenoxy) is 1. The smallest absolute Gasteiger partial charge is 0.154 e. The van der Waals surface area contributed by atoms with Gasteiger partial charge in [0.15, 0.2) is 11.8 Å². The lowest BCUT2D eigenvalue weighted by molar-refractivity contribution is 0.000220. The van der Waals surface area contributed by atoms with Crippen LogP contribution in [-0.4, -0.2) is 48.0 Å². The van der Waals surface area contributed by atoms with Crippen molar-refractivity contribution < 1.29 is 19.3 Å². The van der Waals surface area contributed by atoms with E-state index >= 15 is 0 Å². The minimum absolute atomic E-state index is 0.808. The molecule has 1 saturated carbocycles. The zero-order valence-electron chi connectivity index (χ0n) is 5.07. The van der Waals surface area contributed by atoms with Crippen LogP contribution in [-0.2, 0) is 4.74 Å². The molecule has 54 valence electrons. The fraction of sp³-hybridized carbons (Fsp3) is 1.00. The van der Waals surface area contributed by atoms with Gasteiger partial charge < -0.3 is 14.9 Å². The molecule has 1 saturated heterocycles. The van der Waals surface area contributed by atoms with E-state index in [1.54, 1.807) is 0 Å². The SMILES string of the molecule is [B][C@@H]1O[C@@H]2C(O)[C@]2(O)[C@H]1F. The van der Waals surface area contributed by atoms with Gasteiger partial charge in [0.2, 0.25) is 0 Å². The molecule has 2 aliphatic rings. The molecule has 0 bridgehead atoms. The van der Waals surface area contributed by atoms with E-state index in [1.165, 1.54) is 0 Å². The highest BCUT2D eigenvalue weighted by atomic mass is 19.1. The Morgan fingerprint density at radius 3 is 2.50 bits per heavy atom. The van der Waals surface area contributed by atoms with Crippen molar-refractivity contribution in [2.75, 3.05) is 0 Å². The van der Waals surface area contributed by atoms with Crippen molar-refractivity contribution in [2.45, 2.75) is 30.0 Å². The van der Waals surface area contributed by atoms with E-state index in [4.69, 9.17) is 18.1 Å². The van der Waals surface area contributed by atoms with Crippen molar-refractivity contribution in [3.63, 3.8) is 0 Å². The minimum Gasteiger partial charge on any atom is -0.387 e. The molecule has 0 aromatic heterocycles. The van der Waals surface area contributed by atoms with Crippen LogP contribution in [0.15, 0.2) is 0 Å². The topological polar surface area (TPSA) is 49.7 Å². The molecule has 2 N–H and O–H groups in total. The highest BCUT2D eigenvalue weighted by Crippen LogP contribution is 2.50. The van der Waals surface area contributed by atoms with Gasteiger partial charge in [-0.25, -0.2) is 4.39 Å². The molecule has 1 unspecified atom stereocenters. The van der Waals surface area contributed by atoms with Gasteiger partial charge in [-0.05, 0) is 0 Å². The van der Waals surface area contributed by atoms with Crippen LogP contribution in [0.5, 0.6) is 0 Å². The van der Waals surface area contributed by atoms with Gasteiger partial charge in [0.25, 0.3) is 0 Å². The first kappa shape index (κ1) is 6.58. The minimum atomic E-state index is -1.71. The van der Waals surface area contributed by atoms with Crippen LogP contribution in [0.3, 0.4) is 0 Å². The molecular weight excluding hydrogens is 138 g/mol. The third kappa shape index (κ3) is 0.479. The molecule has 1 aliphatic heterocycles. The zero-order chi connectivity index (χ0) is 7.52. The Kier molecular flexibility index (Phi) is 1.02. The van der Waals surface area contributed by atoms with E-state index in [1.807, 2.05) is 0 Å². The maximum atomic E-state index is 12.7. The number of aliphatic hydroxyl groups excluding tert-OH is 1. The summed E-state index contributed by atoms with van der Waals surface area (Å²) in [5.74, 6) is 0. The van der Waals surface area contributed by atoms with Crippen molar-refractivity contribution in [1.29, 1.82) is 0 Å². The molecule has 10 heavy (non-hydrogen) atoms. The van der Waals surface area contributed by atoms with Crippen LogP contribution in [0.4, 0.5) is 4.39 Å². The van der Waals surface area contributed by atoms with E-state index in [0.29, 0.717) is 0 Å². The lowest BCUT2D eigenvalue weighted by atomic mass is 9.92. The Morgan fingerprint density at radius 2 is 2.20 bits per heavy atom. The molecule has 2 rings (SSSR count). The first-order chi connectivity index (χ1) is 4.58. The number of hydrogen-bond donors (Lipinski definition) is 2. The molecule has 0 amide bonds. The van der Waals surface area contributed by atoms with E-state index in [2.05, 4.69) is 4.74 Å². The van der Waals surface area contributed by atoms with Crippen molar-refractivity contribution in [2.24, 2.45) is 0 Å². The van der Waals surface area contributed by atoms with Crippen LogP contribution in [0.25, 0.3) is 0 Å². The molecule has 5 atom stereocenters. The first-order valence-electron chi connectivity index (χ1n) is 3.04. The van der Waals surface area contributed by atoms with Crippen LogP contribution in [0, 0.1) is 0 Å². The summed E-state index contributed by atoms with van der Waals surface area (Å²) in [6.07, 6.45) is -3.56. The molecule has 1 aliphatic carbocycles. The van der Waals surface area contributed by atoms with Crippen LogP contribution < -0.4 is 0 Å². The normalized spacial score (nSPS) is 65.9. The molecule has 0 aromatic carbocycles. The third-order valence-electron chi connectivity index (χ3n) is 2.14. The maximum absolute atomic E-state index is 12.7. The Balaban J connectivity index is 2.20. The van der Waals surface area contributed by atoms with Gasteiger partial charge in [0.1, 0.15) is 20.1 Å². The number of hydrogen-bond acceptors (Lipinski definition) is 3. The van der Waals surface area contributed by atoms with E-state index in [-0.39, 0.29) is 0 Å². The first-order valence-corrected chi connectivity index (χ1v) is 3.04. The third-order valence-corrected chi connectivity index (χ3v) is 2.14. The molecule has 2 radical (unpaired) electrons. The second-order valence-corrected chi connectivity index (χ2v) is 2.76. The predicted molar refractivity (Wildman–Crippen MR) is 30.3 cm³/mol. The number of rotatable bonds is 0. The molecule has 1 heterocycles. The summed E-state index contributed by atoms with van der Waals surface area (Å²) in [6.45, 7) is 0. The van der Waals surface area contributed by atoms with Gasteiger partial charge in [-0.15, -0.1) is 0 Å². The lowest BCUT2D eigenvalue weighted by Gasteiger charge is -2.14. The zero-order valence-corrected chi connectivity index (χ0v) is 5.07. The van der Waals surface area contributed by atoms with Crippen LogP contribution >= 0.6 is 0 Å². The average Bonchev–Trinajstić information content (AvgIpc) is 2.29. The van der Waals surface area contributed by atoms with E-state index in [9.17, 15) is 4.39 Å². The van der Waals surface area contributed by atoms with Gasteiger partial charge >= 0.3 is 0 Å². The second kappa shape index (κ2) is 1.54. The second-order valence-electron chi connectivity index (χ2n) is 2.76. The molecule has 5 heteroatoms. The monoisotopic (exact) mass is 144 g/mol. The summed E-state index contributed by atoms with van der Waals surface area (Å²) >= 11 is 0. The number of fused-ring (bicyclic) bond motifs is 1. The largest absolute Gasteiger partial charge is 0.387 e.